The van der Waals surface area contributed by atoms with Gasteiger partial charge in [-0.25, -0.2) is 4.79 Å². The summed E-state index contributed by atoms with van der Waals surface area (Å²) >= 11 is 0. The van der Waals surface area contributed by atoms with Crippen LogP contribution < -0.4 is 10.6 Å². The average Bonchev–Trinajstić information content (AvgIpc) is 2.92. The van der Waals surface area contributed by atoms with E-state index in [-0.39, 0.29) is 17.4 Å². The number of hydrogen-bond acceptors (Lipinski definition) is 1. The fraction of sp³-hybridized carbons (Fsp3) is 0.269. The van der Waals surface area contributed by atoms with Crippen molar-refractivity contribution in [2.75, 3.05) is 6.54 Å². The van der Waals surface area contributed by atoms with Gasteiger partial charge in [0.2, 0.25) is 0 Å². The van der Waals surface area contributed by atoms with E-state index < -0.39 is 0 Å². The number of amides is 2. The van der Waals surface area contributed by atoms with Gasteiger partial charge in [-0.1, -0.05) is 106 Å². The number of nitrogens with one attached hydrogen (secondary N) is 2. The van der Waals surface area contributed by atoms with E-state index in [2.05, 4.69) is 86.1 Å². The maximum absolute atomic E-state index is 12.1. The van der Waals surface area contributed by atoms with Gasteiger partial charge in [-0.2, -0.15) is 0 Å². The number of carbonyl (C=O) groups is 1. The SMILES string of the molecule is CC(CNC(=O)NCc1ccccc1)c1ccc(C2=CC=CC(C)(C)C=C2)cc1. The lowest BCUT2D eigenvalue weighted by Crippen LogP contribution is -2.37. The van der Waals surface area contributed by atoms with Crippen LogP contribution in [0.2, 0.25) is 0 Å². The largest absolute Gasteiger partial charge is 0.338 e. The summed E-state index contributed by atoms with van der Waals surface area (Å²) in [4.78, 5) is 12.1. The number of benzene rings is 2. The van der Waals surface area contributed by atoms with Crippen LogP contribution in [0, 0.1) is 5.41 Å². The molecule has 2 N–H and O–H groups in total. The highest BCUT2D eigenvalue weighted by Crippen LogP contribution is 2.27. The second kappa shape index (κ2) is 9.42. The summed E-state index contributed by atoms with van der Waals surface area (Å²) in [5.41, 5.74) is 4.80. The van der Waals surface area contributed by atoms with Gasteiger partial charge in [0.15, 0.2) is 0 Å². The van der Waals surface area contributed by atoms with Crippen molar-refractivity contribution in [2.24, 2.45) is 5.41 Å². The van der Waals surface area contributed by atoms with Gasteiger partial charge in [0.05, 0.1) is 0 Å². The van der Waals surface area contributed by atoms with E-state index in [0.717, 1.165) is 5.56 Å². The van der Waals surface area contributed by atoms with Crippen LogP contribution in [0.3, 0.4) is 0 Å². The number of hydrogen-bond donors (Lipinski definition) is 2. The van der Waals surface area contributed by atoms with E-state index in [1.165, 1.54) is 16.7 Å². The van der Waals surface area contributed by atoms with Crippen molar-refractivity contribution in [1.29, 1.82) is 0 Å². The Morgan fingerprint density at radius 2 is 1.69 bits per heavy atom. The van der Waals surface area contributed by atoms with Crippen molar-refractivity contribution in [3.05, 3.63) is 102 Å². The Morgan fingerprint density at radius 3 is 2.41 bits per heavy atom. The van der Waals surface area contributed by atoms with Gasteiger partial charge in [-0.15, -0.1) is 0 Å². The first-order valence-corrected chi connectivity index (χ1v) is 10.2. The first-order valence-electron chi connectivity index (χ1n) is 10.2. The molecule has 1 aliphatic rings. The normalized spacial score (nSPS) is 15.9. The van der Waals surface area contributed by atoms with Crippen LogP contribution in [-0.4, -0.2) is 12.6 Å². The van der Waals surface area contributed by atoms with Crippen LogP contribution in [-0.2, 0) is 6.54 Å². The zero-order valence-corrected chi connectivity index (χ0v) is 17.5. The Kier molecular flexibility index (Phi) is 6.71. The molecular formula is C26H30N2O. The van der Waals surface area contributed by atoms with Crippen LogP contribution in [0.15, 0.2) is 85.0 Å². The third kappa shape index (κ3) is 6.21. The van der Waals surface area contributed by atoms with Crippen LogP contribution in [0.1, 0.15) is 43.4 Å². The molecule has 3 nitrogen and oxygen atoms in total. The highest BCUT2D eigenvalue weighted by molar-refractivity contribution is 5.76. The molecule has 0 aromatic heterocycles. The van der Waals surface area contributed by atoms with Crippen LogP contribution >= 0.6 is 0 Å². The highest BCUT2D eigenvalue weighted by Gasteiger charge is 2.12. The minimum absolute atomic E-state index is 0.0828. The van der Waals surface area contributed by atoms with Gasteiger partial charge in [-0.3, -0.25) is 0 Å². The molecule has 3 heteroatoms. The van der Waals surface area contributed by atoms with E-state index in [4.69, 9.17) is 0 Å². The fourth-order valence-electron chi connectivity index (χ4n) is 3.22. The van der Waals surface area contributed by atoms with Gasteiger partial charge in [0.25, 0.3) is 0 Å². The standard InChI is InChI=1S/C26H30N2O/c1-20(18-27-25(29)28-19-21-8-5-4-6-9-21)22-11-13-24(14-12-22)23-10-7-16-26(2,3)17-15-23/h4-17,20H,18-19H2,1-3H3,(H2,27,28,29). The fourth-order valence-corrected chi connectivity index (χ4v) is 3.22. The van der Waals surface area contributed by atoms with Crippen molar-refractivity contribution in [2.45, 2.75) is 33.2 Å². The average molecular weight is 387 g/mol. The van der Waals surface area contributed by atoms with E-state index in [9.17, 15) is 4.79 Å². The second-order valence-corrected chi connectivity index (χ2v) is 8.21. The monoisotopic (exact) mass is 386 g/mol. The summed E-state index contributed by atoms with van der Waals surface area (Å²) in [6.07, 6.45) is 10.9. The molecule has 150 valence electrons. The van der Waals surface area contributed by atoms with Gasteiger partial charge in [0.1, 0.15) is 0 Å². The van der Waals surface area contributed by atoms with Gasteiger partial charge >= 0.3 is 6.03 Å². The predicted octanol–water partition coefficient (Wildman–Crippen LogP) is 5.83. The molecule has 3 rings (SSSR count). The maximum atomic E-state index is 12.1. The smallest absolute Gasteiger partial charge is 0.315 e. The molecule has 0 aliphatic heterocycles. The van der Waals surface area contributed by atoms with Crippen LogP contribution in [0.25, 0.3) is 5.57 Å². The first kappa shape index (κ1) is 20.7. The lowest BCUT2D eigenvalue weighted by Gasteiger charge is -2.15. The Morgan fingerprint density at radius 1 is 0.966 bits per heavy atom. The molecule has 0 saturated heterocycles. The van der Waals surface area contributed by atoms with Crippen molar-refractivity contribution < 1.29 is 4.79 Å². The van der Waals surface area contributed by atoms with E-state index in [1.54, 1.807) is 0 Å². The van der Waals surface area contributed by atoms with E-state index in [0.29, 0.717) is 13.1 Å². The number of rotatable bonds is 6. The number of urea groups is 1. The zero-order valence-electron chi connectivity index (χ0n) is 17.5. The molecule has 1 unspecified atom stereocenters. The molecule has 0 spiro atoms. The van der Waals surface area contributed by atoms with Gasteiger partial charge < -0.3 is 10.6 Å². The quantitative estimate of drug-likeness (QED) is 0.645. The lowest BCUT2D eigenvalue weighted by atomic mass is 9.92. The van der Waals surface area contributed by atoms with E-state index in [1.807, 2.05) is 30.3 Å². The molecule has 2 amide bonds. The topological polar surface area (TPSA) is 41.1 Å². The molecule has 0 bridgehead atoms. The van der Waals surface area contributed by atoms with Crippen molar-refractivity contribution in [1.82, 2.24) is 10.6 Å². The minimum atomic E-state index is -0.138. The molecule has 0 fully saturated rings. The molecule has 0 radical (unpaired) electrons. The zero-order chi connectivity index (χ0) is 20.7. The van der Waals surface area contributed by atoms with Gasteiger partial charge in [-0.05, 0) is 28.2 Å². The van der Waals surface area contributed by atoms with E-state index >= 15 is 0 Å². The second-order valence-electron chi connectivity index (χ2n) is 8.21. The molecule has 2 aromatic rings. The summed E-state index contributed by atoms with van der Waals surface area (Å²) in [6.45, 7) is 7.65. The van der Waals surface area contributed by atoms with Crippen LogP contribution in [0.4, 0.5) is 4.79 Å². The predicted molar refractivity (Wildman–Crippen MR) is 122 cm³/mol. The lowest BCUT2D eigenvalue weighted by molar-refractivity contribution is 0.240. The minimum Gasteiger partial charge on any atom is -0.338 e. The van der Waals surface area contributed by atoms with Crippen molar-refractivity contribution >= 4 is 11.6 Å². The first-order chi connectivity index (χ1) is 13.9. The number of allylic oxidation sites excluding steroid dienone is 6. The summed E-state index contributed by atoms with van der Waals surface area (Å²) in [5.74, 6) is 0.240. The van der Waals surface area contributed by atoms with Crippen LogP contribution in [0.5, 0.6) is 0 Å². The Bertz CT molecular complexity index is 905. The Labute approximate surface area is 174 Å². The third-order valence-electron chi connectivity index (χ3n) is 5.17. The highest BCUT2D eigenvalue weighted by atomic mass is 16.2. The Balaban J connectivity index is 1.51. The van der Waals surface area contributed by atoms with Crippen molar-refractivity contribution in [3.63, 3.8) is 0 Å². The van der Waals surface area contributed by atoms with Gasteiger partial charge in [0, 0.05) is 18.5 Å². The summed E-state index contributed by atoms with van der Waals surface area (Å²) < 4.78 is 0. The summed E-state index contributed by atoms with van der Waals surface area (Å²) in [6, 6.07) is 18.4. The molecule has 29 heavy (non-hydrogen) atoms. The van der Waals surface area contributed by atoms with Crippen molar-refractivity contribution in [3.8, 4) is 0 Å². The summed E-state index contributed by atoms with van der Waals surface area (Å²) in [5, 5.41) is 5.86. The molecule has 0 heterocycles. The molecule has 1 aliphatic carbocycles. The molecule has 0 saturated carbocycles. The molecule has 2 aromatic carbocycles. The maximum Gasteiger partial charge on any atom is 0.315 e. The number of carbonyl (C=O) groups excluding carboxylic acids is 1. The molecule has 1 atom stereocenters. The Hall–Kier alpha value is -3.07. The summed E-state index contributed by atoms with van der Waals surface area (Å²) in [7, 11) is 0. The molecular weight excluding hydrogens is 356 g/mol. The third-order valence-corrected chi connectivity index (χ3v) is 5.17.